The van der Waals surface area contributed by atoms with Gasteiger partial charge in [0.2, 0.25) is 0 Å². The summed E-state index contributed by atoms with van der Waals surface area (Å²) in [6.45, 7) is 6.78. The van der Waals surface area contributed by atoms with E-state index >= 15 is 0 Å². The van der Waals surface area contributed by atoms with Crippen molar-refractivity contribution in [3.8, 4) is 0 Å². The molecule has 0 heterocycles. The van der Waals surface area contributed by atoms with Gasteiger partial charge in [0.1, 0.15) is 0 Å². The fourth-order valence-electron chi connectivity index (χ4n) is 2.90. The molecule has 28 heavy (non-hydrogen) atoms. The molecule has 0 aromatic heterocycles. The lowest BCUT2D eigenvalue weighted by Crippen LogP contribution is -2.29. The zero-order valence-electron chi connectivity index (χ0n) is 16.7. The Kier molecular flexibility index (Phi) is 6.64. The average Bonchev–Trinajstić information content (AvgIpc) is 2.58. The molecule has 0 atom stereocenters. The van der Waals surface area contributed by atoms with Gasteiger partial charge in [0.25, 0.3) is 0 Å². The maximum Gasteiger partial charge on any atom is 0.416 e. The van der Waals surface area contributed by atoms with Gasteiger partial charge in [0, 0.05) is 0 Å². The minimum atomic E-state index is -4.33. The highest BCUT2D eigenvalue weighted by molar-refractivity contribution is 7.91. The monoisotopic (exact) mass is 412 g/mol. The summed E-state index contributed by atoms with van der Waals surface area (Å²) in [4.78, 5) is 0. The molecule has 2 nitrogen and oxygen atoms in total. The van der Waals surface area contributed by atoms with Crippen molar-refractivity contribution in [3.05, 3.63) is 70.3 Å². The van der Waals surface area contributed by atoms with Crippen molar-refractivity contribution < 1.29 is 21.6 Å². The second-order valence-electron chi connectivity index (χ2n) is 8.03. The molecule has 154 valence electrons. The Bertz CT molecular complexity index is 906. The molecule has 0 saturated carbocycles. The van der Waals surface area contributed by atoms with Gasteiger partial charge in [-0.3, -0.25) is 0 Å². The van der Waals surface area contributed by atoms with Crippen LogP contribution < -0.4 is 0 Å². The van der Waals surface area contributed by atoms with Gasteiger partial charge < -0.3 is 0 Å². The maximum absolute atomic E-state index is 13.0. The van der Waals surface area contributed by atoms with Crippen molar-refractivity contribution >= 4 is 9.84 Å². The first-order valence-electron chi connectivity index (χ1n) is 9.32. The minimum Gasteiger partial charge on any atom is -0.228 e. The van der Waals surface area contributed by atoms with E-state index in [9.17, 15) is 21.6 Å². The zero-order chi connectivity index (χ0) is 21.2. The van der Waals surface area contributed by atoms with E-state index in [4.69, 9.17) is 0 Å². The van der Waals surface area contributed by atoms with Crippen LogP contribution in [-0.4, -0.2) is 13.2 Å². The number of hydrogen-bond donors (Lipinski definition) is 0. The molecule has 0 aliphatic rings. The van der Waals surface area contributed by atoms with E-state index in [0.29, 0.717) is 24.8 Å². The van der Waals surface area contributed by atoms with E-state index in [1.807, 2.05) is 24.3 Å². The van der Waals surface area contributed by atoms with Gasteiger partial charge in [-0.25, -0.2) is 8.42 Å². The van der Waals surface area contributed by atoms with Gasteiger partial charge in [0.15, 0.2) is 9.84 Å². The largest absolute Gasteiger partial charge is 0.416 e. The lowest BCUT2D eigenvalue weighted by Gasteiger charge is -2.19. The molecule has 0 saturated heterocycles. The van der Waals surface area contributed by atoms with E-state index in [0.717, 1.165) is 22.8 Å². The molecule has 0 radical (unpaired) electrons. The summed E-state index contributed by atoms with van der Waals surface area (Å²) in [7, 11) is -3.23. The molecular formula is C22H27F3O2S. The van der Waals surface area contributed by atoms with Crippen molar-refractivity contribution in [2.24, 2.45) is 0 Å². The second kappa shape index (κ2) is 8.27. The van der Waals surface area contributed by atoms with Crippen molar-refractivity contribution in [1.29, 1.82) is 0 Å². The van der Waals surface area contributed by atoms with Gasteiger partial charge in [-0.1, -0.05) is 43.3 Å². The lowest BCUT2D eigenvalue weighted by atomic mass is 9.97. The molecule has 0 bridgehead atoms. The Morgan fingerprint density at radius 3 is 1.82 bits per heavy atom. The molecule has 0 N–H and O–H groups in total. The molecule has 0 unspecified atom stereocenters. The number of sulfone groups is 1. The average molecular weight is 413 g/mol. The smallest absolute Gasteiger partial charge is 0.228 e. The van der Waals surface area contributed by atoms with Crippen LogP contribution in [0.4, 0.5) is 13.2 Å². The second-order valence-corrected chi connectivity index (χ2v) is 10.8. The Morgan fingerprint density at radius 2 is 1.32 bits per heavy atom. The molecule has 0 amide bonds. The Balaban J connectivity index is 2.06. The lowest BCUT2D eigenvalue weighted by molar-refractivity contribution is -0.138. The van der Waals surface area contributed by atoms with E-state index < -0.39 is 26.3 Å². The van der Waals surface area contributed by atoms with Crippen LogP contribution in [0.3, 0.4) is 0 Å². The van der Waals surface area contributed by atoms with Crippen LogP contribution in [0.15, 0.2) is 42.5 Å². The number of alkyl halides is 3. The highest BCUT2D eigenvalue weighted by atomic mass is 32.2. The van der Waals surface area contributed by atoms with Gasteiger partial charge >= 0.3 is 6.18 Å². The van der Waals surface area contributed by atoms with E-state index in [2.05, 4.69) is 0 Å². The van der Waals surface area contributed by atoms with Crippen molar-refractivity contribution in [2.75, 3.05) is 0 Å². The topological polar surface area (TPSA) is 34.1 Å². The van der Waals surface area contributed by atoms with Crippen molar-refractivity contribution in [1.82, 2.24) is 0 Å². The molecule has 0 fully saturated rings. The summed E-state index contributed by atoms with van der Waals surface area (Å²) in [5, 5.41) is 0. The number of aryl methyl sites for hydroxylation is 3. The Hall–Kier alpha value is -1.82. The molecule has 0 aliphatic heterocycles. The van der Waals surface area contributed by atoms with Crippen LogP contribution in [0.25, 0.3) is 0 Å². The summed E-state index contributed by atoms with van der Waals surface area (Å²) >= 11 is 0. The summed E-state index contributed by atoms with van der Waals surface area (Å²) < 4.78 is 62.8. The van der Waals surface area contributed by atoms with Gasteiger partial charge in [-0.05, 0) is 68.4 Å². The van der Waals surface area contributed by atoms with Crippen molar-refractivity contribution in [2.45, 2.75) is 63.6 Å². The van der Waals surface area contributed by atoms with Crippen LogP contribution >= 0.6 is 0 Å². The Morgan fingerprint density at radius 1 is 0.821 bits per heavy atom. The normalized spacial score (nSPS) is 13.0. The first-order chi connectivity index (χ1) is 12.8. The van der Waals surface area contributed by atoms with Crippen LogP contribution in [0, 0.1) is 0 Å². The molecule has 0 spiro atoms. The van der Waals surface area contributed by atoms with Crippen LogP contribution in [0.1, 0.15) is 55.5 Å². The minimum absolute atomic E-state index is 0.00442. The number of rotatable bonds is 6. The quantitative estimate of drug-likeness (QED) is 0.604. The van der Waals surface area contributed by atoms with Crippen LogP contribution in [0.5, 0.6) is 0 Å². The third kappa shape index (κ3) is 5.60. The molecule has 2 aromatic carbocycles. The third-order valence-corrected chi connectivity index (χ3v) is 7.45. The highest BCUT2D eigenvalue weighted by Crippen LogP contribution is 2.33. The summed E-state index contributed by atoms with van der Waals surface area (Å²) in [5.74, 6) is -0.00442. The zero-order valence-corrected chi connectivity index (χ0v) is 17.5. The van der Waals surface area contributed by atoms with E-state index in [1.165, 1.54) is 6.07 Å². The van der Waals surface area contributed by atoms with Crippen LogP contribution in [0.2, 0.25) is 0 Å². The fourth-order valence-corrected chi connectivity index (χ4v) is 3.96. The van der Waals surface area contributed by atoms with Gasteiger partial charge in [-0.15, -0.1) is 0 Å². The summed E-state index contributed by atoms with van der Waals surface area (Å²) in [5.41, 5.74) is 2.37. The highest BCUT2D eigenvalue weighted by Gasteiger charge is 2.32. The molecule has 6 heteroatoms. The Labute approximate surface area is 165 Å². The standard InChI is InChI=1S/C22H27F3O2S/c1-5-19-14-17(12-13-20(19)22(23,24)25)9-6-16-7-10-18(11-8-16)15-28(26,27)21(2,3)4/h7-8,10-14H,5-6,9,15H2,1-4H3. The number of hydrogen-bond acceptors (Lipinski definition) is 2. The number of benzene rings is 2. The molecule has 2 aromatic rings. The van der Waals surface area contributed by atoms with Crippen molar-refractivity contribution in [3.63, 3.8) is 0 Å². The number of halogens is 3. The predicted molar refractivity (Wildman–Crippen MR) is 107 cm³/mol. The van der Waals surface area contributed by atoms with Gasteiger partial charge in [-0.2, -0.15) is 13.2 Å². The fraction of sp³-hybridized carbons (Fsp3) is 0.455. The molecule has 2 rings (SSSR count). The third-order valence-electron chi connectivity index (χ3n) is 4.87. The first-order valence-corrected chi connectivity index (χ1v) is 11.0. The first kappa shape index (κ1) is 22.5. The van der Waals surface area contributed by atoms with Crippen LogP contribution in [-0.2, 0) is 41.0 Å². The summed E-state index contributed by atoms with van der Waals surface area (Å²) in [6.07, 6.45) is -2.68. The molecular weight excluding hydrogens is 385 g/mol. The summed E-state index contributed by atoms with van der Waals surface area (Å²) in [6, 6.07) is 11.7. The SMILES string of the molecule is CCc1cc(CCc2ccc(CS(=O)(=O)C(C)(C)C)cc2)ccc1C(F)(F)F. The van der Waals surface area contributed by atoms with E-state index in [1.54, 1.807) is 33.8 Å². The van der Waals surface area contributed by atoms with E-state index in [-0.39, 0.29) is 5.75 Å². The predicted octanol–water partition coefficient (Wildman–Crippen LogP) is 5.77. The van der Waals surface area contributed by atoms with Gasteiger partial charge in [0.05, 0.1) is 16.1 Å². The molecule has 0 aliphatic carbocycles. The maximum atomic E-state index is 13.0.